The summed E-state index contributed by atoms with van der Waals surface area (Å²) >= 11 is 0. The first kappa shape index (κ1) is 15.9. The van der Waals surface area contributed by atoms with Crippen molar-refractivity contribution in [2.24, 2.45) is 0 Å². The molecule has 1 aliphatic rings. The Morgan fingerprint density at radius 2 is 2.12 bits per heavy atom. The van der Waals surface area contributed by atoms with Crippen LogP contribution in [0.4, 0.5) is 16.1 Å². The molecule has 3 aromatic rings. The Balaban J connectivity index is 1.52. The molecule has 1 saturated heterocycles. The number of halogens is 1. The Morgan fingerprint density at radius 1 is 1.24 bits per heavy atom. The van der Waals surface area contributed by atoms with E-state index in [0.29, 0.717) is 42.3 Å². The average molecular weight is 361 g/mol. The van der Waals surface area contributed by atoms with Gasteiger partial charge in [-0.1, -0.05) is 12.1 Å². The van der Waals surface area contributed by atoms with Crippen LogP contribution in [0.2, 0.25) is 0 Å². The number of hydrogen-bond acceptors (Lipinski definition) is 5. The van der Waals surface area contributed by atoms with E-state index >= 15 is 0 Å². The van der Waals surface area contributed by atoms with Gasteiger partial charge in [-0.2, -0.15) is 4.98 Å². The van der Waals surface area contributed by atoms with Crippen molar-refractivity contribution in [3.8, 4) is 0 Å². The minimum Gasteiger partial charge on any atom is -0.424 e. The van der Waals surface area contributed by atoms with Gasteiger partial charge < -0.3 is 9.73 Å². The van der Waals surface area contributed by atoms with Crippen LogP contribution in [0.1, 0.15) is 12.0 Å². The summed E-state index contributed by atoms with van der Waals surface area (Å²) in [4.78, 5) is 4.19. The molecule has 0 radical (unpaired) electrons. The fourth-order valence-electron chi connectivity index (χ4n) is 2.90. The molecule has 25 heavy (non-hydrogen) atoms. The molecule has 1 fully saturated rings. The molecule has 0 atom stereocenters. The van der Waals surface area contributed by atoms with E-state index in [-0.39, 0.29) is 11.6 Å². The van der Waals surface area contributed by atoms with Gasteiger partial charge >= 0.3 is 0 Å². The quantitative estimate of drug-likeness (QED) is 0.773. The van der Waals surface area contributed by atoms with Crippen molar-refractivity contribution in [1.29, 1.82) is 0 Å². The van der Waals surface area contributed by atoms with Crippen molar-refractivity contribution in [2.75, 3.05) is 21.9 Å². The topological polar surface area (TPSA) is 75.4 Å². The van der Waals surface area contributed by atoms with E-state index < -0.39 is 10.0 Å². The van der Waals surface area contributed by atoms with Gasteiger partial charge in [-0.25, -0.2) is 12.8 Å². The van der Waals surface area contributed by atoms with Crippen LogP contribution in [0, 0.1) is 5.82 Å². The summed E-state index contributed by atoms with van der Waals surface area (Å²) < 4.78 is 44.2. The Kier molecular flexibility index (Phi) is 3.84. The molecule has 2 heterocycles. The van der Waals surface area contributed by atoms with Gasteiger partial charge in [-0.05, 0) is 36.2 Å². The second-order valence-electron chi connectivity index (χ2n) is 5.90. The number of fused-ring (bicyclic) bond motifs is 1. The number of hydrogen-bond donors (Lipinski definition) is 1. The number of benzene rings is 2. The van der Waals surface area contributed by atoms with Crippen molar-refractivity contribution >= 4 is 32.8 Å². The molecule has 8 heteroatoms. The normalized spacial score (nSPS) is 16.4. The maximum Gasteiger partial charge on any atom is 0.295 e. The first-order chi connectivity index (χ1) is 12.0. The van der Waals surface area contributed by atoms with Crippen LogP contribution in [0.5, 0.6) is 0 Å². The zero-order valence-electron chi connectivity index (χ0n) is 13.3. The Hall–Kier alpha value is -2.61. The van der Waals surface area contributed by atoms with E-state index in [1.165, 1.54) is 22.5 Å². The largest absolute Gasteiger partial charge is 0.424 e. The molecule has 0 unspecified atom stereocenters. The third kappa shape index (κ3) is 3.17. The van der Waals surface area contributed by atoms with Gasteiger partial charge in [-0.15, -0.1) is 0 Å². The number of anilines is 2. The van der Waals surface area contributed by atoms with Gasteiger partial charge in [0.1, 0.15) is 11.3 Å². The Morgan fingerprint density at radius 3 is 2.92 bits per heavy atom. The summed E-state index contributed by atoms with van der Waals surface area (Å²) in [7, 11) is -3.20. The average Bonchev–Trinajstić information content (AvgIpc) is 3.15. The van der Waals surface area contributed by atoms with Crippen LogP contribution in [0.25, 0.3) is 11.1 Å². The monoisotopic (exact) mass is 361 g/mol. The van der Waals surface area contributed by atoms with Crippen molar-refractivity contribution < 1.29 is 17.2 Å². The minimum absolute atomic E-state index is 0.189. The van der Waals surface area contributed by atoms with E-state index in [2.05, 4.69) is 10.3 Å². The Bertz CT molecular complexity index is 1030. The zero-order chi connectivity index (χ0) is 17.4. The van der Waals surface area contributed by atoms with E-state index in [9.17, 15) is 12.8 Å². The smallest absolute Gasteiger partial charge is 0.295 e. The van der Waals surface area contributed by atoms with Crippen molar-refractivity contribution in [1.82, 2.24) is 4.98 Å². The SMILES string of the molecule is O=S1(=O)CCCN1c1cccc(CNc2nc3cc(F)ccc3o2)c1. The summed E-state index contributed by atoms with van der Waals surface area (Å²) in [5, 5.41) is 3.04. The molecule has 0 saturated carbocycles. The third-order valence-corrected chi connectivity index (χ3v) is 5.96. The van der Waals surface area contributed by atoms with Crippen LogP contribution < -0.4 is 9.62 Å². The fourth-order valence-corrected chi connectivity index (χ4v) is 4.46. The second kappa shape index (κ2) is 6.03. The van der Waals surface area contributed by atoms with Crippen LogP contribution >= 0.6 is 0 Å². The number of nitrogens with one attached hydrogen (secondary N) is 1. The van der Waals surface area contributed by atoms with E-state index in [4.69, 9.17) is 4.42 Å². The molecule has 6 nitrogen and oxygen atoms in total. The van der Waals surface area contributed by atoms with Gasteiger partial charge in [0, 0.05) is 19.2 Å². The Labute approximate surface area is 144 Å². The van der Waals surface area contributed by atoms with Crippen LogP contribution in [-0.2, 0) is 16.6 Å². The van der Waals surface area contributed by atoms with Gasteiger partial charge in [-0.3, -0.25) is 4.31 Å². The highest BCUT2D eigenvalue weighted by Gasteiger charge is 2.28. The summed E-state index contributed by atoms with van der Waals surface area (Å²) in [6.07, 6.45) is 0.643. The first-order valence-electron chi connectivity index (χ1n) is 7.91. The molecule has 0 bridgehead atoms. The summed E-state index contributed by atoms with van der Waals surface area (Å²) in [5.41, 5.74) is 2.50. The predicted molar refractivity (Wildman–Crippen MR) is 93.5 cm³/mol. The van der Waals surface area contributed by atoms with Crippen LogP contribution in [0.3, 0.4) is 0 Å². The molecule has 130 valence electrons. The first-order valence-corrected chi connectivity index (χ1v) is 9.51. The highest BCUT2D eigenvalue weighted by Crippen LogP contribution is 2.25. The van der Waals surface area contributed by atoms with Gasteiger partial charge in [0.2, 0.25) is 10.0 Å². The zero-order valence-corrected chi connectivity index (χ0v) is 14.1. The lowest BCUT2D eigenvalue weighted by molar-refractivity contribution is 0.599. The number of nitrogens with zero attached hydrogens (tertiary/aromatic N) is 2. The fraction of sp³-hybridized carbons (Fsp3) is 0.235. The van der Waals surface area contributed by atoms with Gasteiger partial charge in [0.15, 0.2) is 5.58 Å². The molecule has 0 amide bonds. The molecular weight excluding hydrogens is 345 g/mol. The summed E-state index contributed by atoms with van der Waals surface area (Å²) in [6.45, 7) is 0.924. The molecule has 1 aliphatic heterocycles. The second-order valence-corrected chi connectivity index (χ2v) is 7.91. The minimum atomic E-state index is -3.20. The molecule has 0 spiro atoms. The van der Waals surface area contributed by atoms with Gasteiger partial charge in [0.25, 0.3) is 6.01 Å². The maximum atomic E-state index is 13.2. The molecule has 1 N–H and O–H groups in total. The standard InChI is InChI=1S/C17H16FN3O3S/c18-13-5-6-16-15(10-13)20-17(24-16)19-11-12-3-1-4-14(9-12)21-7-2-8-25(21,22)23/h1,3-6,9-10H,2,7-8,11H2,(H,19,20). The van der Waals surface area contributed by atoms with Crippen LogP contribution in [-0.4, -0.2) is 25.7 Å². The number of sulfonamides is 1. The lowest BCUT2D eigenvalue weighted by Crippen LogP contribution is -2.25. The number of rotatable bonds is 4. The molecule has 2 aromatic carbocycles. The molecular formula is C17H16FN3O3S. The van der Waals surface area contributed by atoms with E-state index in [1.54, 1.807) is 6.07 Å². The molecule has 4 rings (SSSR count). The highest BCUT2D eigenvalue weighted by atomic mass is 32.2. The highest BCUT2D eigenvalue weighted by molar-refractivity contribution is 7.93. The number of oxazole rings is 1. The molecule has 0 aliphatic carbocycles. The van der Waals surface area contributed by atoms with Crippen molar-refractivity contribution in [2.45, 2.75) is 13.0 Å². The summed E-state index contributed by atoms with van der Waals surface area (Å²) in [5.74, 6) is -0.179. The van der Waals surface area contributed by atoms with Crippen LogP contribution in [0.15, 0.2) is 46.9 Å². The van der Waals surface area contributed by atoms with Crippen molar-refractivity contribution in [3.05, 3.63) is 53.8 Å². The van der Waals surface area contributed by atoms with E-state index in [0.717, 1.165) is 5.56 Å². The summed E-state index contributed by atoms with van der Waals surface area (Å²) in [6, 6.07) is 11.8. The predicted octanol–water partition coefficient (Wildman–Crippen LogP) is 3.12. The maximum absolute atomic E-state index is 13.2. The third-order valence-electron chi connectivity index (χ3n) is 4.09. The van der Waals surface area contributed by atoms with E-state index in [1.807, 2.05) is 18.2 Å². The number of aromatic nitrogens is 1. The molecule has 1 aromatic heterocycles. The lowest BCUT2D eigenvalue weighted by Gasteiger charge is -2.17. The lowest BCUT2D eigenvalue weighted by atomic mass is 10.2. The van der Waals surface area contributed by atoms with Crippen molar-refractivity contribution in [3.63, 3.8) is 0 Å². The van der Waals surface area contributed by atoms with Gasteiger partial charge in [0.05, 0.1) is 11.4 Å².